The monoisotopic (exact) mass is 236 g/mol. The Labute approximate surface area is 98.5 Å². The number of hydrogen-bond donors (Lipinski definition) is 1. The molecule has 0 aliphatic rings. The second kappa shape index (κ2) is 5.01. The molecule has 1 heterocycles. The summed E-state index contributed by atoms with van der Waals surface area (Å²) in [5, 5.41) is 9.87. The standard InChI is InChI=1S/C13H13FO3/c1-16-13-3-2-9(6-11(13)14)7-12(15)10-4-5-17-8-10/h2-6,8,12,15H,7H2,1H3. The summed E-state index contributed by atoms with van der Waals surface area (Å²) in [6, 6.07) is 6.32. The van der Waals surface area contributed by atoms with Crippen LogP contribution in [-0.4, -0.2) is 12.2 Å². The molecule has 1 unspecified atom stereocenters. The molecule has 1 aromatic carbocycles. The van der Waals surface area contributed by atoms with Crippen molar-refractivity contribution in [3.05, 3.63) is 53.7 Å². The van der Waals surface area contributed by atoms with Gasteiger partial charge in [0.1, 0.15) is 0 Å². The quantitative estimate of drug-likeness (QED) is 0.887. The van der Waals surface area contributed by atoms with E-state index in [1.807, 2.05) is 0 Å². The second-order valence-corrected chi connectivity index (χ2v) is 3.75. The molecule has 0 radical (unpaired) electrons. The van der Waals surface area contributed by atoms with Gasteiger partial charge in [0.2, 0.25) is 0 Å². The van der Waals surface area contributed by atoms with Crippen LogP contribution in [-0.2, 0) is 6.42 Å². The lowest BCUT2D eigenvalue weighted by Gasteiger charge is -2.09. The number of furan rings is 1. The summed E-state index contributed by atoms with van der Waals surface area (Å²) < 4.78 is 23.1. The Morgan fingerprint density at radius 2 is 2.24 bits per heavy atom. The second-order valence-electron chi connectivity index (χ2n) is 3.75. The first-order chi connectivity index (χ1) is 8.20. The van der Waals surface area contributed by atoms with E-state index in [9.17, 15) is 9.50 Å². The van der Waals surface area contributed by atoms with Crippen LogP contribution in [0.2, 0.25) is 0 Å². The van der Waals surface area contributed by atoms with Crippen molar-refractivity contribution in [2.24, 2.45) is 0 Å². The molecule has 2 rings (SSSR count). The molecule has 0 fully saturated rings. The fraction of sp³-hybridized carbons (Fsp3) is 0.231. The zero-order valence-electron chi connectivity index (χ0n) is 9.39. The minimum Gasteiger partial charge on any atom is -0.494 e. The Morgan fingerprint density at radius 1 is 1.41 bits per heavy atom. The van der Waals surface area contributed by atoms with Crippen molar-refractivity contribution in [1.82, 2.24) is 0 Å². The number of methoxy groups -OCH3 is 1. The first-order valence-electron chi connectivity index (χ1n) is 5.23. The molecule has 0 saturated carbocycles. The highest BCUT2D eigenvalue weighted by Crippen LogP contribution is 2.22. The van der Waals surface area contributed by atoms with Crippen molar-refractivity contribution in [2.75, 3.05) is 7.11 Å². The molecule has 3 nitrogen and oxygen atoms in total. The molecule has 90 valence electrons. The third kappa shape index (κ3) is 2.65. The lowest BCUT2D eigenvalue weighted by atomic mass is 10.0. The molecule has 2 aromatic rings. The van der Waals surface area contributed by atoms with Gasteiger partial charge in [-0.1, -0.05) is 6.07 Å². The largest absolute Gasteiger partial charge is 0.494 e. The van der Waals surface area contributed by atoms with Crippen molar-refractivity contribution in [2.45, 2.75) is 12.5 Å². The van der Waals surface area contributed by atoms with E-state index in [0.717, 1.165) is 0 Å². The zero-order valence-corrected chi connectivity index (χ0v) is 9.39. The molecule has 0 aliphatic carbocycles. The predicted octanol–water partition coefficient (Wildman–Crippen LogP) is 2.70. The average Bonchev–Trinajstić information content (AvgIpc) is 2.82. The van der Waals surface area contributed by atoms with Crippen LogP contribution in [0.4, 0.5) is 4.39 Å². The van der Waals surface area contributed by atoms with E-state index in [2.05, 4.69) is 0 Å². The van der Waals surface area contributed by atoms with Crippen molar-refractivity contribution in [3.8, 4) is 5.75 Å². The molecule has 17 heavy (non-hydrogen) atoms. The van der Waals surface area contributed by atoms with Crippen LogP contribution in [0.5, 0.6) is 5.75 Å². The average molecular weight is 236 g/mol. The summed E-state index contributed by atoms with van der Waals surface area (Å²) in [6.45, 7) is 0. The number of aliphatic hydroxyl groups excluding tert-OH is 1. The van der Waals surface area contributed by atoms with Crippen LogP contribution in [0.3, 0.4) is 0 Å². The first-order valence-corrected chi connectivity index (χ1v) is 5.23. The minimum atomic E-state index is -0.693. The molecule has 1 N–H and O–H groups in total. The van der Waals surface area contributed by atoms with E-state index in [0.29, 0.717) is 17.5 Å². The minimum absolute atomic E-state index is 0.201. The number of hydrogen-bond acceptors (Lipinski definition) is 3. The summed E-state index contributed by atoms with van der Waals surface area (Å²) in [4.78, 5) is 0. The number of rotatable bonds is 4. The highest BCUT2D eigenvalue weighted by atomic mass is 19.1. The molecule has 0 spiro atoms. The van der Waals surface area contributed by atoms with Gasteiger partial charge in [-0.3, -0.25) is 0 Å². The fourth-order valence-corrected chi connectivity index (χ4v) is 1.64. The van der Waals surface area contributed by atoms with E-state index in [1.165, 1.54) is 25.7 Å². The number of halogens is 1. The number of aliphatic hydroxyl groups is 1. The van der Waals surface area contributed by atoms with Crippen LogP contribution in [0, 0.1) is 5.82 Å². The smallest absolute Gasteiger partial charge is 0.165 e. The zero-order chi connectivity index (χ0) is 12.3. The summed E-state index contributed by atoms with van der Waals surface area (Å²) in [5.41, 5.74) is 1.39. The van der Waals surface area contributed by atoms with Gasteiger partial charge in [0.15, 0.2) is 11.6 Å². The van der Waals surface area contributed by atoms with E-state index in [4.69, 9.17) is 9.15 Å². The normalized spacial score (nSPS) is 12.4. The van der Waals surface area contributed by atoms with Crippen LogP contribution < -0.4 is 4.74 Å². The topological polar surface area (TPSA) is 42.6 Å². The Hall–Kier alpha value is -1.81. The predicted molar refractivity (Wildman–Crippen MR) is 60.3 cm³/mol. The highest BCUT2D eigenvalue weighted by molar-refractivity contribution is 5.30. The Balaban J connectivity index is 2.11. The third-order valence-electron chi connectivity index (χ3n) is 2.57. The van der Waals surface area contributed by atoms with E-state index >= 15 is 0 Å². The summed E-state index contributed by atoms with van der Waals surface area (Å²) in [6.07, 6.45) is 2.61. The molecule has 1 aromatic heterocycles. The van der Waals surface area contributed by atoms with E-state index < -0.39 is 11.9 Å². The number of ether oxygens (including phenoxy) is 1. The molecular weight excluding hydrogens is 223 g/mol. The maximum absolute atomic E-state index is 13.4. The van der Waals surface area contributed by atoms with E-state index in [1.54, 1.807) is 18.2 Å². The SMILES string of the molecule is COc1ccc(CC(O)c2ccoc2)cc1F. The van der Waals surface area contributed by atoms with Gasteiger partial charge in [-0.05, 0) is 23.8 Å². The van der Waals surface area contributed by atoms with Crippen molar-refractivity contribution in [1.29, 1.82) is 0 Å². The van der Waals surface area contributed by atoms with Gasteiger partial charge >= 0.3 is 0 Å². The lowest BCUT2D eigenvalue weighted by molar-refractivity contribution is 0.177. The van der Waals surface area contributed by atoms with Crippen LogP contribution in [0.15, 0.2) is 41.2 Å². The lowest BCUT2D eigenvalue weighted by Crippen LogP contribution is -2.01. The van der Waals surface area contributed by atoms with Gasteiger partial charge < -0.3 is 14.3 Å². The summed E-state index contributed by atoms with van der Waals surface area (Å²) >= 11 is 0. The first kappa shape index (κ1) is 11.7. The molecule has 1 atom stereocenters. The molecular formula is C13H13FO3. The molecule has 4 heteroatoms. The van der Waals surface area contributed by atoms with Crippen molar-refractivity contribution in [3.63, 3.8) is 0 Å². The van der Waals surface area contributed by atoms with Crippen molar-refractivity contribution < 1.29 is 18.7 Å². The Kier molecular flexibility index (Phi) is 3.44. The summed E-state index contributed by atoms with van der Waals surface area (Å²) in [5.74, 6) is -0.226. The molecule has 0 amide bonds. The molecule has 0 saturated heterocycles. The van der Waals surface area contributed by atoms with Crippen LogP contribution in [0.25, 0.3) is 0 Å². The van der Waals surface area contributed by atoms with E-state index in [-0.39, 0.29) is 5.75 Å². The molecule has 0 bridgehead atoms. The van der Waals surface area contributed by atoms with Gasteiger partial charge in [-0.15, -0.1) is 0 Å². The van der Waals surface area contributed by atoms with Crippen molar-refractivity contribution >= 4 is 0 Å². The van der Waals surface area contributed by atoms with Gasteiger partial charge in [0.25, 0.3) is 0 Å². The fourth-order valence-electron chi connectivity index (χ4n) is 1.64. The van der Waals surface area contributed by atoms with Crippen LogP contribution in [0.1, 0.15) is 17.2 Å². The van der Waals surface area contributed by atoms with Crippen LogP contribution >= 0.6 is 0 Å². The Morgan fingerprint density at radius 3 is 2.82 bits per heavy atom. The maximum atomic E-state index is 13.4. The maximum Gasteiger partial charge on any atom is 0.165 e. The van der Waals surface area contributed by atoms with Gasteiger partial charge in [-0.2, -0.15) is 0 Å². The van der Waals surface area contributed by atoms with Gasteiger partial charge in [-0.25, -0.2) is 4.39 Å². The summed E-state index contributed by atoms with van der Waals surface area (Å²) in [7, 11) is 1.42. The highest BCUT2D eigenvalue weighted by Gasteiger charge is 2.11. The van der Waals surface area contributed by atoms with Gasteiger partial charge in [0, 0.05) is 12.0 Å². The number of benzene rings is 1. The Bertz CT molecular complexity index is 479. The third-order valence-corrected chi connectivity index (χ3v) is 2.57. The molecule has 0 aliphatic heterocycles. The van der Waals surface area contributed by atoms with Gasteiger partial charge in [0.05, 0.1) is 25.7 Å².